The molecule has 0 spiro atoms. The summed E-state index contributed by atoms with van der Waals surface area (Å²) in [7, 11) is 0. The van der Waals surface area contributed by atoms with E-state index in [0.717, 1.165) is 40.5 Å². The molecular weight excluding hydrogens is 370 g/mol. The van der Waals surface area contributed by atoms with Gasteiger partial charge in [0.1, 0.15) is 4.88 Å². The maximum atomic E-state index is 13.1. The van der Waals surface area contributed by atoms with Gasteiger partial charge in [0.25, 0.3) is 5.91 Å². The third kappa shape index (κ3) is 3.70. The van der Waals surface area contributed by atoms with Gasteiger partial charge in [0.2, 0.25) is 5.91 Å². The number of hydrogen-bond acceptors (Lipinski definition) is 4. The van der Waals surface area contributed by atoms with Crippen molar-refractivity contribution in [2.75, 3.05) is 13.1 Å². The molecule has 2 fully saturated rings. The van der Waals surface area contributed by atoms with Crippen molar-refractivity contribution in [3.8, 4) is 0 Å². The van der Waals surface area contributed by atoms with E-state index in [-0.39, 0.29) is 17.9 Å². The molecule has 0 bridgehead atoms. The van der Waals surface area contributed by atoms with Gasteiger partial charge in [-0.3, -0.25) is 9.59 Å². The van der Waals surface area contributed by atoms with E-state index in [2.05, 4.69) is 36.2 Å². The van der Waals surface area contributed by atoms with Gasteiger partial charge in [0, 0.05) is 26.1 Å². The monoisotopic (exact) mass is 397 g/mol. The number of amides is 2. The summed E-state index contributed by atoms with van der Waals surface area (Å²) >= 11 is 1.47. The SMILES string of the molecule is Cc1ccc(CN2C(=O)CCC[C@@H]3CN(C(=O)c4sc(C)nc4C)C[C@@H]32)cc1. The standard InChI is InChI=1S/C22H27N3O2S/c1-14-7-9-17(10-8-14)11-25-19-13-24(12-18(19)5-4-6-20(25)26)22(27)21-15(2)23-16(3)28-21/h7-10,18-19H,4-6,11-13H2,1-3H3/t18-,19+/m1/s1. The zero-order valence-corrected chi connectivity index (χ0v) is 17.6. The first-order chi connectivity index (χ1) is 13.4. The topological polar surface area (TPSA) is 53.5 Å². The van der Waals surface area contributed by atoms with Gasteiger partial charge in [-0.1, -0.05) is 29.8 Å². The van der Waals surface area contributed by atoms with Crippen LogP contribution in [0, 0.1) is 26.7 Å². The van der Waals surface area contributed by atoms with Gasteiger partial charge in [0.05, 0.1) is 16.7 Å². The predicted molar refractivity (Wildman–Crippen MR) is 110 cm³/mol. The van der Waals surface area contributed by atoms with Gasteiger partial charge in [-0.25, -0.2) is 4.98 Å². The fourth-order valence-electron chi connectivity index (χ4n) is 4.47. The molecule has 0 unspecified atom stereocenters. The number of thiazole rings is 1. The summed E-state index contributed by atoms with van der Waals surface area (Å²) in [5, 5.41) is 0.922. The number of fused-ring (bicyclic) bond motifs is 1. The fourth-order valence-corrected chi connectivity index (χ4v) is 5.36. The Balaban J connectivity index is 1.55. The van der Waals surface area contributed by atoms with Crippen LogP contribution in [-0.2, 0) is 11.3 Å². The smallest absolute Gasteiger partial charge is 0.265 e. The summed E-state index contributed by atoms with van der Waals surface area (Å²) in [4.78, 5) is 35.0. The van der Waals surface area contributed by atoms with Gasteiger partial charge in [-0.05, 0) is 45.1 Å². The van der Waals surface area contributed by atoms with Gasteiger partial charge in [0.15, 0.2) is 0 Å². The highest BCUT2D eigenvalue weighted by Gasteiger charge is 2.42. The average Bonchev–Trinajstić information content (AvgIpc) is 3.19. The summed E-state index contributed by atoms with van der Waals surface area (Å²) in [5.41, 5.74) is 3.18. The first-order valence-corrected chi connectivity index (χ1v) is 10.8. The molecule has 0 N–H and O–H groups in total. The van der Waals surface area contributed by atoms with Crippen molar-refractivity contribution in [3.63, 3.8) is 0 Å². The van der Waals surface area contributed by atoms with E-state index >= 15 is 0 Å². The molecule has 1 aromatic carbocycles. The zero-order chi connectivity index (χ0) is 19.8. The highest BCUT2D eigenvalue weighted by atomic mass is 32.1. The molecule has 6 heteroatoms. The Hall–Kier alpha value is -2.21. The quantitative estimate of drug-likeness (QED) is 0.793. The number of carbonyl (C=O) groups is 2. The molecule has 2 atom stereocenters. The largest absolute Gasteiger partial charge is 0.335 e. The Bertz CT molecular complexity index is 890. The Morgan fingerprint density at radius 1 is 1.18 bits per heavy atom. The molecule has 2 aliphatic rings. The lowest BCUT2D eigenvalue weighted by atomic mass is 9.98. The lowest BCUT2D eigenvalue weighted by molar-refractivity contribution is -0.133. The van der Waals surface area contributed by atoms with E-state index in [1.807, 2.05) is 23.6 Å². The number of aryl methyl sites for hydroxylation is 3. The van der Waals surface area contributed by atoms with Crippen LogP contribution in [0.15, 0.2) is 24.3 Å². The van der Waals surface area contributed by atoms with Crippen molar-refractivity contribution in [3.05, 3.63) is 51.0 Å². The maximum absolute atomic E-state index is 13.1. The minimum absolute atomic E-state index is 0.0684. The van der Waals surface area contributed by atoms with Crippen molar-refractivity contribution in [2.24, 2.45) is 5.92 Å². The van der Waals surface area contributed by atoms with E-state index < -0.39 is 0 Å². The highest BCUT2D eigenvalue weighted by molar-refractivity contribution is 7.13. The lowest BCUT2D eigenvalue weighted by Gasteiger charge is -2.30. The molecule has 4 rings (SSSR count). The van der Waals surface area contributed by atoms with E-state index in [9.17, 15) is 9.59 Å². The van der Waals surface area contributed by atoms with Gasteiger partial charge in [-0.15, -0.1) is 11.3 Å². The van der Waals surface area contributed by atoms with E-state index in [0.29, 0.717) is 25.4 Å². The van der Waals surface area contributed by atoms with Crippen LogP contribution in [0.3, 0.4) is 0 Å². The van der Waals surface area contributed by atoms with Crippen LogP contribution in [0.5, 0.6) is 0 Å². The maximum Gasteiger partial charge on any atom is 0.265 e. The lowest BCUT2D eigenvalue weighted by Crippen LogP contribution is -2.43. The number of aromatic nitrogens is 1. The zero-order valence-electron chi connectivity index (χ0n) is 16.8. The number of nitrogens with zero attached hydrogens (tertiary/aromatic N) is 3. The molecule has 0 radical (unpaired) electrons. The Labute approximate surface area is 170 Å². The second-order valence-corrected chi connectivity index (χ2v) is 9.29. The summed E-state index contributed by atoms with van der Waals surface area (Å²) in [6.45, 7) is 7.89. The third-order valence-corrected chi connectivity index (χ3v) is 7.01. The third-order valence-electron chi connectivity index (χ3n) is 5.95. The van der Waals surface area contributed by atoms with E-state index in [1.165, 1.54) is 16.9 Å². The number of rotatable bonds is 3. The van der Waals surface area contributed by atoms with Crippen LogP contribution in [-0.4, -0.2) is 45.7 Å². The van der Waals surface area contributed by atoms with Gasteiger partial charge in [-0.2, -0.15) is 0 Å². The number of hydrogen-bond donors (Lipinski definition) is 0. The van der Waals surface area contributed by atoms with Gasteiger partial charge < -0.3 is 9.80 Å². The number of benzene rings is 1. The van der Waals surface area contributed by atoms with Crippen molar-refractivity contribution >= 4 is 23.2 Å². The average molecular weight is 398 g/mol. The van der Waals surface area contributed by atoms with Crippen molar-refractivity contribution in [1.82, 2.24) is 14.8 Å². The Morgan fingerprint density at radius 2 is 1.93 bits per heavy atom. The van der Waals surface area contributed by atoms with E-state index in [1.54, 1.807) is 0 Å². The van der Waals surface area contributed by atoms with Crippen LogP contribution in [0.2, 0.25) is 0 Å². The minimum atomic E-state index is 0.0684. The van der Waals surface area contributed by atoms with Crippen LogP contribution in [0.1, 0.15) is 50.8 Å². The van der Waals surface area contributed by atoms with Crippen LogP contribution in [0.4, 0.5) is 0 Å². The molecule has 1 aromatic heterocycles. The highest BCUT2D eigenvalue weighted by Crippen LogP contribution is 2.33. The number of likely N-dealkylation sites (tertiary alicyclic amines) is 2. The Kier molecular flexibility index (Phi) is 5.23. The minimum Gasteiger partial charge on any atom is -0.335 e. The second-order valence-electron chi connectivity index (χ2n) is 8.08. The molecular formula is C22H27N3O2S. The fraction of sp³-hybridized carbons (Fsp3) is 0.500. The molecule has 0 saturated carbocycles. The van der Waals surface area contributed by atoms with E-state index in [4.69, 9.17) is 0 Å². The second kappa shape index (κ2) is 7.66. The molecule has 2 saturated heterocycles. The van der Waals surface area contributed by atoms with Crippen molar-refractivity contribution in [1.29, 1.82) is 0 Å². The van der Waals surface area contributed by atoms with Crippen molar-refractivity contribution < 1.29 is 9.59 Å². The first-order valence-electron chi connectivity index (χ1n) is 10.0. The molecule has 28 heavy (non-hydrogen) atoms. The molecule has 2 aliphatic heterocycles. The van der Waals surface area contributed by atoms with Crippen molar-refractivity contribution in [2.45, 2.75) is 52.6 Å². The molecule has 5 nitrogen and oxygen atoms in total. The summed E-state index contributed by atoms with van der Waals surface area (Å²) in [6, 6.07) is 8.49. The summed E-state index contributed by atoms with van der Waals surface area (Å²) < 4.78 is 0. The number of carbonyl (C=O) groups excluding carboxylic acids is 2. The molecule has 2 amide bonds. The van der Waals surface area contributed by atoms with Crippen LogP contribution < -0.4 is 0 Å². The normalized spacial score (nSPS) is 22.3. The summed E-state index contributed by atoms with van der Waals surface area (Å²) in [5.74, 6) is 0.640. The predicted octanol–water partition coefficient (Wildman–Crippen LogP) is 3.72. The molecule has 2 aromatic rings. The first kappa shape index (κ1) is 19.1. The summed E-state index contributed by atoms with van der Waals surface area (Å²) in [6.07, 6.45) is 2.52. The Morgan fingerprint density at radius 3 is 2.61 bits per heavy atom. The van der Waals surface area contributed by atoms with Crippen LogP contribution >= 0.6 is 11.3 Å². The molecule has 3 heterocycles. The molecule has 148 valence electrons. The molecule has 0 aliphatic carbocycles. The van der Waals surface area contributed by atoms with Gasteiger partial charge >= 0.3 is 0 Å². The van der Waals surface area contributed by atoms with Crippen LogP contribution in [0.25, 0.3) is 0 Å².